The summed E-state index contributed by atoms with van der Waals surface area (Å²) >= 11 is 0. The van der Waals surface area contributed by atoms with Gasteiger partial charge in [-0.2, -0.15) is 0 Å². The Morgan fingerprint density at radius 2 is 1.89 bits per heavy atom. The third-order valence-corrected chi connectivity index (χ3v) is 4.59. The molecule has 1 atom stereocenters. The molecule has 1 aromatic carbocycles. The summed E-state index contributed by atoms with van der Waals surface area (Å²) in [7, 11) is 3.40. The van der Waals surface area contributed by atoms with Crippen LogP contribution in [0.4, 0.5) is 0 Å². The first kappa shape index (κ1) is 22.0. The number of ether oxygens (including phenoxy) is 2. The molecule has 1 fully saturated rings. The van der Waals surface area contributed by atoms with Crippen LogP contribution in [0.5, 0.6) is 5.75 Å². The number of nitrogens with one attached hydrogen (secondary N) is 2. The molecule has 2 rings (SSSR count). The zero-order valence-electron chi connectivity index (χ0n) is 17.7. The predicted molar refractivity (Wildman–Crippen MR) is 112 cm³/mol. The zero-order chi connectivity index (χ0) is 20.6. The number of guanidine groups is 1. The van der Waals surface area contributed by atoms with Gasteiger partial charge < -0.3 is 20.1 Å². The van der Waals surface area contributed by atoms with E-state index in [1.54, 1.807) is 14.2 Å². The standard InChI is InChI=1S/C21H34N4O3/c1-21(2,3)28-19(26)15-24-20(22-4)23-14-17(25-12-8-9-13-25)16-10-6-7-11-18(16)27-5/h6-7,10-11,17H,8-9,12-15H2,1-5H3,(H2,22,23,24). The maximum atomic E-state index is 11.9. The van der Waals surface area contributed by atoms with Crippen molar-refractivity contribution in [1.29, 1.82) is 0 Å². The molecule has 1 unspecified atom stereocenters. The second kappa shape index (κ2) is 10.3. The molecule has 1 aromatic rings. The van der Waals surface area contributed by atoms with Crippen molar-refractivity contribution in [3.05, 3.63) is 29.8 Å². The van der Waals surface area contributed by atoms with Crippen molar-refractivity contribution in [3.63, 3.8) is 0 Å². The van der Waals surface area contributed by atoms with Crippen molar-refractivity contribution in [1.82, 2.24) is 15.5 Å². The predicted octanol–water partition coefficient (Wildman–Crippen LogP) is 2.34. The van der Waals surface area contributed by atoms with Crippen LogP contribution in [-0.4, -0.2) is 62.8 Å². The molecule has 1 aliphatic rings. The maximum absolute atomic E-state index is 11.9. The number of benzene rings is 1. The van der Waals surface area contributed by atoms with E-state index >= 15 is 0 Å². The van der Waals surface area contributed by atoms with Crippen LogP contribution in [0.2, 0.25) is 0 Å². The lowest BCUT2D eigenvalue weighted by Crippen LogP contribution is -2.45. The Kier molecular flexibility index (Phi) is 8.11. The molecule has 1 aliphatic heterocycles. The molecule has 0 bridgehead atoms. The summed E-state index contributed by atoms with van der Waals surface area (Å²) < 4.78 is 10.9. The highest BCUT2D eigenvalue weighted by atomic mass is 16.6. The molecule has 0 aliphatic carbocycles. The number of para-hydroxylation sites is 1. The van der Waals surface area contributed by atoms with Gasteiger partial charge in [-0.3, -0.25) is 14.7 Å². The molecule has 1 saturated heterocycles. The Bertz CT molecular complexity index is 664. The quantitative estimate of drug-likeness (QED) is 0.423. The van der Waals surface area contributed by atoms with E-state index in [-0.39, 0.29) is 18.6 Å². The molecule has 0 saturated carbocycles. The van der Waals surface area contributed by atoms with Crippen LogP contribution in [0.1, 0.15) is 45.2 Å². The highest BCUT2D eigenvalue weighted by molar-refractivity contribution is 5.84. The van der Waals surface area contributed by atoms with E-state index in [0.29, 0.717) is 12.5 Å². The summed E-state index contributed by atoms with van der Waals surface area (Å²) in [5.41, 5.74) is 0.655. The van der Waals surface area contributed by atoms with E-state index in [1.165, 1.54) is 12.8 Å². The van der Waals surface area contributed by atoms with E-state index in [9.17, 15) is 4.79 Å². The summed E-state index contributed by atoms with van der Waals surface area (Å²) in [6.07, 6.45) is 2.41. The van der Waals surface area contributed by atoms with Crippen LogP contribution in [0, 0.1) is 0 Å². The second-order valence-electron chi connectivity index (χ2n) is 7.89. The monoisotopic (exact) mass is 390 g/mol. The minimum absolute atomic E-state index is 0.0694. The van der Waals surface area contributed by atoms with Crippen LogP contribution in [-0.2, 0) is 9.53 Å². The van der Waals surface area contributed by atoms with Crippen LogP contribution in [0.3, 0.4) is 0 Å². The van der Waals surface area contributed by atoms with Gasteiger partial charge in [0.2, 0.25) is 0 Å². The van der Waals surface area contributed by atoms with Crippen LogP contribution in [0.15, 0.2) is 29.3 Å². The van der Waals surface area contributed by atoms with Crippen LogP contribution < -0.4 is 15.4 Å². The van der Waals surface area contributed by atoms with Gasteiger partial charge in [0, 0.05) is 19.2 Å². The van der Waals surface area contributed by atoms with Gasteiger partial charge >= 0.3 is 5.97 Å². The first-order chi connectivity index (χ1) is 13.3. The highest BCUT2D eigenvalue weighted by Crippen LogP contribution is 2.31. The van der Waals surface area contributed by atoms with E-state index in [2.05, 4.69) is 26.6 Å². The average molecular weight is 391 g/mol. The Balaban J connectivity index is 2.00. The Morgan fingerprint density at radius 3 is 2.50 bits per heavy atom. The van der Waals surface area contributed by atoms with Crippen molar-refractivity contribution < 1.29 is 14.3 Å². The number of rotatable bonds is 7. The Morgan fingerprint density at radius 1 is 1.21 bits per heavy atom. The van der Waals surface area contributed by atoms with Crippen LogP contribution in [0.25, 0.3) is 0 Å². The first-order valence-electron chi connectivity index (χ1n) is 9.87. The van der Waals surface area contributed by atoms with Crippen molar-refractivity contribution in [3.8, 4) is 5.75 Å². The van der Waals surface area contributed by atoms with Gasteiger partial charge in [0.05, 0.1) is 13.2 Å². The van der Waals surface area contributed by atoms with Crippen molar-refractivity contribution in [2.24, 2.45) is 4.99 Å². The number of hydrogen-bond acceptors (Lipinski definition) is 5. The average Bonchev–Trinajstić information content (AvgIpc) is 3.17. The molecule has 2 N–H and O–H groups in total. The largest absolute Gasteiger partial charge is 0.496 e. The van der Waals surface area contributed by atoms with Gasteiger partial charge in [0.15, 0.2) is 5.96 Å². The van der Waals surface area contributed by atoms with Crippen molar-refractivity contribution >= 4 is 11.9 Å². The summed E-state index contributed by atoms with van der Waals surface area (Å²) in [4.78, 5) is 18.6. The Hall–Kier alpha value is -2.28. The first-order valence-corrected chi connectivity index (χ1v) is 9.87. The lowest BCUT2D eigenvalue weighted by molar-refractivity contribution is -0.153. The summed E-state index contributed by atoms with van der Waals surface area (Å²) in [6.45, 7) is 8.42. The van der Waals surface area contributed by atoms with Crippen molar-refractivity contribution in [2.45, 2.75) is 45.3 Å². The second-order valence-corrected chi connectivity index (χ2v) is 7.89. The highest BCUT2D eigenvalue weighted by Gasteiger charge is 2.26. The van der Waals surface area contributed by atoms with E-state index in [1.807, 2.05) is 39.0 Å². The third kappa shape index (κ3) is 6.71. The number of esters is 1. The van der Waals surface area contributed by atoms with Gasteiger partial charge in [0.1, 0.15) is 17.9 Å². The number of methoxy groups -OCH3 is 1. The van der Waals surface area contributed by atoms with Gasteiger partial charge in [0.25, 0.3) is 0 Å². The number of likely N-dealkylation sites (tertiary alicyclic amines) is 1. The number of nitrogens with zero attached hydrogens (tertiary/aromatic N) is 2. The van der Waals surface area contributed by atoms with Gasteiger partial charge in [-0.25, -0.2) is 0 Å². The molecule has 0 amide bonds. The van der Waals surface area contributed by atoms with Crippen molar-refractivity contribution in [2.75, 3.05) is 40.3 Å². The third-order valence-electron chi connectivity index (χ3n) is 4.59. The van der Waals surface area contributed by atoms with Gasteiger partial charge in [-0.05, 0) is 52.8 Å². The molecule has 0 radical (unpaired) electrons. The zero-order valence-corrected chi connectivity index (χ0v) is 17.7. The normalized spacial score (nSPS) is 16.5. The molecule has 0 aromatic heterocycles. The SMILES string of the molecule is CN=C(NCC(=O)OC(C)(C)C)NCC(c1ccccc1OC)N1CCCC1. The molecule has 7 heteroatoms. The summed E-state index contributed by atoms with van der Waals surface area (Å²) in [5.74, 6) is 1.15. The van der Waals surface area contributed by atoms with E-state index < -0.39 is 5.60 Å². The van der Waals surface area contributed by atoms with Gasteiger partial charge in [-0.1, -0.05) is 18.2 Å². The fourth-order valence-corrected chi connectivity index (χ4v) is 3.38. The van der Waals surface area contributed by atoms with E-state index in [0.717, 1.165) is 24.4 Å². The number of carbonyl (C=O) groups is 1. The number of aliphatic imine (C=N–C) groups is 1. The molecule has 1 heterocycles. The summed E-state index contributed by atoms with van der Waals surface area (Å²) in [5, 5.41) is 6.38. The Labute approximate surface area is 168 Å². The molecule has 28 heavy (non-hydrogen) atoms. The molecule has 156 valence electrons. The molecular formula is C21H34N4O3. The lowest BCUT2D eigenvalue weighted by Gasteiger charge is -2.30. The topological polar surface area (TPSA) is 75.2 Å². The minimum atomic E-state index is -0.500. The molecular weight excluding hydrogens is 356 g/mol. The minimum Gasteiger partial charge on any atom is -0.496 e. The maximum Gasteiger partial charge on any atom is 0.325 e. The van der Waals surface area contributed by atoms with Gasteiger partial charge in [-0.15, -0.1) is 0 Å². The van der Waals surface area contributed by atoms with Crippen LogP contribution >= 0.6 is 0 Å². The smallest absolute Gasteiger partial charge is 0.325 e. The number of hydrogen-bond donors (Lipinski definition) is 2. The fraction of sp³-hybridized carbons (Fsp3) is 0.619. The van der Waals surface area contributed by atoms with E-state index in [4.69, 9.17) is 9.47 Å². The summed E-state index contributed by atoms with van der Waals surface area (Å²) in [6, 6.07) is 8.29. The lowest BCUT2D eigenvalue weighted by atomic mass is 10.0. The molecule has 0 spiro atoms. The molecule has 7 nitrogen and oxygen atoms in total. The number of carbonyl (C=O) groups excluding carboxylic acids is 1. The fourth-order valence-electron chi connectivity index (χ4n) is 3.38.